The van der Waals surface area contributed by atoms with Crippen molar-refractivity contribution in [2.24, 2.45) is 0 Å². The number of piperazine rings is 1. The molecule has 1 aliphatic heterocycles. The van der Waals surface area contributed by atoms with E-state index in [1.807, 2.05) is 35.7 Å². The molecule has 1 amide bonds. The van der Waals surface area contributed by atoms with Crippen LogP contribution in [-0.2, 0) is 0 Å². The molecule has 0 bridgehead atoms. The first kappa shape index (κ1) is 15.5. The minimum Gasteiger partial charge on any atom is -0.410 e. The summed E-state index contributed by atoms with van der Waals surface area (Å²) >= 11 is 1.59. The number of thiophene rings is 1. The molecule has 1 saturated heterocycles. The molecule has 6 heteroatoms. The Morgan fingerprint density at radius 3 is 2.48 bits per heavy atom. The second-order valence-corrected chi connectivity index (χ2v) is 6.23. The average molecular weight is 327 g/mol. The van der Waals surface area contributed by atoms with E-state index in [4.69, 9.17) is 4.74 Å². The molecule has 0 spiro atoms. The first-order valence-electron chi connectivity index (χ1n) is 7.47. The van der Waals surface area contributed by atoms with Gasteiger partial charge in [0, 0.05) is 31.1 Å². The Balaban J connectivity index is 1.56. The predicted molar refractivity (Wildman–Crippen MR) is 88.3 cm³/mol. The number of ether oxygens (including phenoxy) is 1. The quantitative estimate of drug-likeness (QED) is 0.869. The Bertz CT molecular complexity index is 674. The summed E-state index contributed by atoms with van der Waals surface area (Å²) in [5, 5.41) is 11.4. The first-order valence-corrected chi connectivity index (χ1v) is 8.35. The summed E-state index contributed by atoms with van der Waals surface area (Å²) in [7, 11) is 0. The van der Waals surface area contributed by atoms with Crippen LogP contribution in [0.25, 0.3) is 0 Å². The molecule has 0 aliphatic carbocycles. The highest BCUT2D eigenvalue weighted by Gasteiger charge is 2.28. The van der Waals surface area contributed by atoms with Crippen LogP contribution in [0.2, 0.25) is 0 Å². The molecule has 0 radical (unpaired) electrons. The first-order chi connectivity index (χ1) is 11.3. The monoisotopic (exact) mass is 327 g/mol. The Morgan fingerprint density at radius 2 is 1.87 bits per heavy atom. The van der Waals surface area contributed by atoms with Crippen LogP contribution < -0.4 is 4.74 Å². The number of carbonyl (C=O) groups is 1. The van der Waals surface area contributed by atoms with Gasteiger partial charge in [0.2, 0.25) is 0 Å². The molecule has 0 saturated carbocycles. The fourth-order valence-corrected chi connectivity index (χ4v) is 3.39. The van der Waals surface area contributed by atoms with Crippen LogP contribution in [0.3, 0.4) is 0 Å². The van der Waals surface area contributed by atoms with Gasteiger partial charge < -0.3 is 9.64 Å². The van der Waals surface area contributed by atoms with Crippen molar-refractivity contribution in [1.29, 1.82) is 5.26 Å². The minimum absolute atomic E-state index is 0.234. The van der Waals surface area contributed by atoms with Gasteiger partial charge in [-0.05, 0) is 23.6 Å². The van der Waals surface area contributed by atoms with Gasteiger partial charge >= 0.3 is 6.09 Å². The summed E-state index contributed by atoms with van der Waals surface area (Å²) in [6.07, 6.45) is -0.333. The number of hydrogen-bond acceptors (Lipinski definition) is 5. The highest BCUT2D eigenvalue weighted by molar-refractivity contribution is 7.10. The van der Waals surface area contributed by atoms with Crippen molar-refractivity contribution < 1.29 is 9.53 Å². The summed E-state index contributed by atoms with van der Waals surface area (Å²) in [6, 6.07) is 15.1. The molecule has 1 aromatic carbocycles. The molecule has 2 aromatic rings. The van der Waals surface area contributed by atoms with Crippen molar-refractivity contribution in [2.75, 3.05) is 26.2 Å². The maximum Gasteiger partial charge on any atom is 0.415 e. The lowest BCUT2D eigenvalue weighted by molar-refractivity contribution is 0.101. The number of benzene rings is 1. The lowest BCUT2D eigenvalue weighted by Crippen LogP contribution is -2.50. The van der Waals surface area contributed by atoms with Crippen LogP contribution in [0, 0.1) is 11.3 Å². The Hall–Kier alpha value is -2.36. The van der Waals surface area contributed by atoms with Gasteiger partial charge in [-0.1, -0.05) is 24.3 Å². The van der Waals surface area contributed by atoms with Gasteiger partial charge in [0.25, 0.3) is 0 Å². The van der Waals surface area contributed by atoms with Crippen molar-refractivity contribution in [3.05, 3.63) is 52.7 Å². The number of nitriles is 1. The number of para-hydroxylation sites is 1. The summed E-state index contributed by atoms with van der Waals surface area (Å²) in [6.45, 7) is 2.46. The molecular weight excluding hydrogens is 310 g/mol. The van der Waals surface area contributed by atoms with Gasteiger partial charge in [0.15, 0.2) is 0 Å². The summed E-state index contributed by atoms with van der Waals surface area (Å²) in [5.74, 6) is 0.549. The predicted octanol–water partition coefficient (Wildman–Crippen LogP) is 3.13. The van der Waals surface area contributed by atoms with E-state index in [1.165, 1.54) is 0 Å². The van der Waals surface area contributed by atoms with E-state index >= 15 is 0 Å². The van der Waals surface area contributed by atoms with Crippen molar-refractivity contribution in [1.82, 2.24) is 9.80 Å². The molecule has 2 heterocycles. The van der Waals surface area contributed by atoms with Crippen LogP contribution >= 0.6 is 11.3 Å². The SMILES string of the molecule is N#CC(c1cccs1)N1CCN(C(=O)Oc2ccccc2)CC1. The zero-order chi connectivity index (χ0) is 16.1. The second kappa shape index (κ2) is 7.27. The van der Waals surface area contributed by atoms with Crippen LogP contribution in [0.1, 0.15) is 10.9 Å². The van der Waals surface area contributed by atoms with Crippen LogP contribution in [0.4, 0.5) is 4.79 Å². The topological polar surface area (TPSA) is 56.6 Å². The zero-order valence-corrected chi connectivity index (χ0v) is 13.4. The number of rotatable bonds is 3. The molecule has 1 unspecified atom stereocenters. The zero-order valence-electron chi connectivity index (χ0n) is 12.6. The highest BCUT2D eigenvalue weighted by Crippen LogP contribution is 2.25. The Kier molecular flexibility index (Phi) is 4.91. The molecule has 1 aliphatic rings. The van der Waals surface area contributed by atoms with Crippen LogP contribution in [-0.4, -0.2) is 42.1 Å². The van der Waals surface area contributed by atoms with Gasteiger partial charge in [-0.3, -0.25) is 4.90 Å². The van der Waals surface area contributed by atoms with E-state index in [2.05, 4.69) is 11.0 Å². The number of nitrogens with zero attached hydrogens (tertiary/aromatic N) is 3. The molecule has 1 atom stereocenters. The lowest BCUT2D eigenvalue weighted by Gasteiger charge is -2.35. The molecule has 0 N–H and O–H groups in total. The van der Waals surface area contributed by atoms with Gasteiger partial charge in [0.1, 0.15) is 11.8 Å². The molecular formula is C17H17N3O2S. The molecule has 1 fully saturated rings. The van der Waals surface area contributed by atoms with Gasteiger partial charge in [-0.15, -0.1) is 11.3 Å². The maximum atomic E-state index is 12.2. The van der Waals surface area contributed by atoms with Crippen molar-refractivity contribution in [2.45, 2.75) is 6.04 Å². The second-order valence-electron chi connectivity index (χ2n) is 5.25. The molecule has 1 aromatic heterocycles. The lowest BCUT2D eigenvalue weighted by atomic mass is 10.2. The third-order valence-corrected chi connectivity index (χ3v) is 4.75. The fourth-order valence-electron chi connectivity index (χ4n) is 2.59. The van der Waals surface area contributed by atoms with E-state index in [0.29, 0.717) is 31.9 Å². The molecule has 118 valence electrons. The summed E-state index contributed by atoms with van der Waals surface area (Å²) < 4.78 is 5.35. The van der Waals surface area contributed by atoms with E-state index in [1.54, 1.807) is 28.4 Å². The van der Waals surface area contributed by atoms with Gasteiger partial charge in [0.05, 0.1) is 6.07 Å². The third kappa shape index (κ3) is 3.70. The Labute approximate surface area is 139 Å². The summed E-state index contributed by atoms with van der Waals surface area (Å²) in [4.78, 5) is 17.0. The normalized spacial score (nSPS) is 16.6. The van der Waals surface area contributed by atoms with Gasteiger partial charge in [-0.25, -0.2) is 4.79 Å². The molecule has 5 nitrogen and oxygen atoms in total. The van der Waals surface area contributed by atoms with Gasteiger partial charge in [-0.2, -0.15) is 5.26 Å². The Morgan fingerprint density at radius 1 is 1.13 bits per heavy atom. The minimum atomic E-state index is -0.333. The van der Waals surface area contributed by atoms with Crippen molar-refractivity contribution >= 4 is 17.4 Å². The molecule has 3 rings (SSSR count). The maximum absolute atomic E-state index is 12.2. The van der Waals surface area contributed by atoms with Crippen molar-refractivity contribution in [3.63, 3.8) is 0 Å². The van der Waals surface area contributed by atoms with Crippen molar-refractivity contribution in [3.8, 4) is 11.8 Å². The van der Waals surface area contributed by atoms with E-state index in [9.17, 15) is 10.1 Å². The largest absolute Gasteiger partial charge is 0.415 e. The average Bonchev–Trinajstić information content (AvgIpc) is 3.11. The number of hydrogen-bond donors (Lipinski definition) is 0. The van der Waals surface area contributed by atoms with Crippen LogP contribution in [0.15, 0.2) is 47.8 Å². The number of amides is 1. The fraction of sp³-hybridized carbons (Fsp3) is 0.294. The standard InChI is InChI=1S/C17H17N3O2S/c18-13-15(16-7-4-12-23-16)19-8-10-20(11-9-19)17(21)22-14-5-2-1-3-6-14/h1-7,12,15H,8-11H2. The smallest absolute Gasteiger partial charge is 0.410 e. The molecule has 23 heavy (non-hydrogen) atoms. The van der Waals surface area contributed by atoms with E-state index < -0.39 is 0 Å². The van der Waals surface area contributed by atoms with Crippen LogP contribution in [0.5, 0.6) is 5.75 Å². The highest BCUT2D eigenvalue weighted by atomic mass is 32.1. The number of carbonyl (C=O) groups excluding carboxylic acids is 1. The van der Waals surface area contributed by atoms with E-state index in [0.717, 1.165) is 4.88 Å². The third-order valence-electron chi connectivity index (χ3n) is 3.82. The van der Waals surface area contributed by atoms with E-state index in [-0.39, 0.29) is 12.1 Å². The summed E-state index contributed by atoms with van der Waals surface area (Å²) in [5.41, 5.74) is 0.